The van der Waals surface area contributed by atoms with E-state index in [1.807, 2.05) is 13.0 Å². The van der Waals surface area contributed by atoms with Crippen molar-refractivity contribution in [3.63, 3.8) is 0 Å². The molecule has 3 aromatic carbocycles. The molecule has 8 nitrogen and oxygen atoms in total. The highest BCUT2D eigenvalue weighted by atomic mass is 79.9. The number of anilines is 3. The minimum Gasteiger partial charge on any atom is -0.325 e. The monoisotopic (exact) mass is 565 g/mol. The first-order valence-corrected chi connectivity index (χ1v) is 14.2. The van der Waals surface area contributed by atoms with Crippen LogP contribution in [0.5, 0.6) is 0 Å². The molecule has 2 N–H and O–H groups in total. The number of benzene rings is 3. The van der Waals surface area contributed by atoms with Crippen LogP contribution in [0.1, 0.15) is 11.1 Å². The second kappa shape index (κ2) is 10.2. The van der Waals surface area contributed by atoms with Crippen molar-refractivity contribution >= 4 is 58.9 Å². The molecule has 0 radical (unpaired) electrons. The van der Waals surface area contributed by atoms with Crippen molar-refractivity contribution in [3.05, 3.63) is 82.3 Å². The largest absolute Gasteiger partial charge is 0.325 e. The van der Waals surface area contributed by atoms with Gasteiger partial charge in [-0.05, 0) is 73.5 Å². The van der Waals surface area contributed by atoms with E-state index < -0.39 is 32.5 Å². The molecule has 11 heteroatoms. The van der Waals surface area contributed by atoms with E-state index >= 15 is 0 Å². The summed E-state index contributed by atoms with van der Waals surface area (Å²) in [4.78, 5) is 12.6. The lowest BCUT2D eigenvalue weighted by atomic mass is 10.2. The molecule has 0 heterocycles. The van der Waals surface area contributed by atoms with Crippen LogP contribution in [0.3, 0.4) is 0 Å². The molecule has 0 bridgehead atoms. The van der Waals surface area contributed by atoms with Gasteiger partial charge in [-0.1, -0.05) is 34.1 Å². The Bertz CT molecular complexity index is 1420. The highest BCUT2D eigenvalue weighted by molar-refractivity contribution is 9.10. The Balaban J connectivity index is 1.73. The predicted molar refractivity (Wildman–Crippen MR) is 138 cm³/mol. The molecule has 0 aliphatic heterocycles. The Hall–Kier alpha value is -2.89. The fraction of sp³-hybridized carbons (Fsp3) is 0.174. The third-order valence-electron chi connectivity index (χ3n) is 4.95. The van der Waals surface area contributed by atoms with E-state index in [9.17, 15) is 21.6 Å². The van der Waals surface area contributed by atoms with Crippen LogP contribution >= 0.6 is 15.9 Å². The van der Waals surface area contributed by atoms with E-state index in [4.69, 9.17) is 0 Å². The Labute approximate surface area is 208 Å². The molecular formula is C23H24BrN3O5S2. The number of aryl methyl sites for hydroxylation is 2. The summed E-state index contributed by atoms with van der Waals surface area (Å²) in [6.07, 6.45) is 1.03. The summed E-state index contributed by atoms with van der Waals surface area (Å²) in [5, 5.41) is 2.61. The molecule has 0 aliphatic rings. The molecule has 0 saturated heterocycles. The number of nitrogens with zero attached hydrogens (tertiary/aromatic N) is 1. The molecule has 0 unspecified atom stereocenters. The summed E-state index contributed by atoms with van der Waals surface area (Å²) < 4.78 is 54.3. The van der Waals surface area contributed by atoms with Gasteiger partial charge >= 0.3 is 0 Å². The quantitative estimate of drug-likeness (QED) is 0.423. The van der Waals surface area contributed by atoms with Gasteiger partial charge in [-0.15, -0.1) is 0 Å². The van der Waals surface area contributed by atoms with Crippen molar-refractivity contribution in [2.75, 3.05) is 27.1 Å². The van der Waals surface area contributed by atoms with Gasteiger partial charge in [0, 0.05) is 10.2 Å². The first-order chi connectivity index (χ1) is 15.9. The van der Waals surface area contributed by atoms with Crippen molar-refractivity contribution in [2.45, 2.75) is 18.7 Å². The minimum atomic E-state index is -3.82. The molecule has 180 valence electrons. The van der Waals surface area contributed by atoms with Crippen LogP contribution in [-0.4, -0.2) is 35.5 Å². The maximum absolute atomic E-state index is 12.7. The van der Waals surface area contributed by atoms with Crippen LogP contribution < -0.4 is 14.3 Å². The lowest BCUT2D eigenvalue weighted by molar-refractivity contribution is -0.114. The number of nitrogens with one attached hydrogen (secondary N) is 2. The maximum atomic E-state index is 12.7. The summed E-state index contributed by atoms with van der Waals surface area (Å²) in [6, 6.07) is 17.6. The zero-order valence-electron chi connectivity index (χ0n) is 18.7. The summed E-state index contributed by atoms with van der Waals surface area (Å²) >= 11 is 3.37. The predicted octanol–water partition coefficient (Wildman–Crippen LogP) is 4.27. The molecule has 34 heavy (non-hydrogen) atoms. The molecule has 3 rings (SSSR count). The van der Waals surface area contributed by atoms with Crippen molar-refractivity contribution < 1.29 is 21.6 Å². The van der Waals surface area contributed by atoms with Crippen LogP contribution in [-0.2, 0) is 24.8 Å². The van der Waals surface area contributed by atoms with Crippen LogP contribution in [0.4, 0.5) is 17.1 Å². The summed E-state index contributed by atoms with van der Waals surface area (Å²) in [5.41, 5.74) is 2.78. The van der Waals surface area contributed by atoms with Crippen molar-refractivity contribution in [2.24, 2.45) is 0 Å². The van der Waals surface area contributed by atoms with Gasteiger partial charge in [0.2, 0.25) is 15.9 Å². The minimum absolute atomic E-state index is 0.0249. The third-order valence-corrected chi connectivity index (χ3v) is 8.37. The Kier molecular flexibility index (Phi) is 7.69. The summed E-state index contributed by atoms with van der Waals surface area (Å²) in [6.45, 7) is 3.18. The normalized spacial score (nSPS) is 11.6. The van der Waals surface area contributed by atoms with Gasteiger partial charge in [-0.3, -0.25) is 13.8 Å². The van der Waals surface area contributed by atoms with Gasteiger partial charge in [-0.2, -0.15) is 0 Å². The first-order valence-electron chi connectivity index (χ1n) is 10.1. The van der Waals surface area contributed by atoms with E-state index in [2.05, 4.69) is 26.0 Å². The van der Waals surface area contributed by atoms with Crippen LogP contribution in [0.2, 0.25) is 0 Å². The fourth-order valence-corrected chi connectivity index (χ4v) is 5.35. The van der Waals surface area contributed by atoms with E-state index in [0.717, 1.165) is 26.2 Å². The first kappa shape index (κ1) is 25.7. The number of hydrogen-bond donors (Lipinski definition) is 2. The van der Waals surface area contributed by atoms with Crippen molar-refractivity contribution in [1.29, 1.82) is 0 Å². The van der Waals surface area contributed by atoms with Gasteiger partial charge in [0.25, 0.3) is 10.0 Å². The van der Waals surface area contributed by atoms with E-state index in [1.165, 1.54) is 24.3 Å². The molecule has 0 atom stereocenters. The molecule has 0 aromatic heterocycles. The average Bonchev–Trinajstić information content (AvgIpc) is 2.75. The SMILES string of the molecule is Cc1cc(N(CC(=O)Nc2ccc(S(=O)(=O)Nc3ccccc3C)cc2)S(C)(=O)=O)ccc1Br. The van der Waals surface area contributed by atoms with Gasteiger partial charge in [0.05, 0.1) is 22.5 Å². The second-order valence-electron chi connectivity index (χ2n) is 7.70. The summed E-state index contributed by atoms with van der Waals surface area (Å²) in [5.74, 6) is -0.570. The highest BCUT2D eigenvalue weighted by Gasteiger charge is 2.22. The molecule has 0 saturated carbocycles. The molecular weight excluding hydrogens is 542 g/mol. The number of carbonyl (C=O) groups excluding carboxylic acids is 1. The number of para-hydroxylation sites is 1. The maximum Gasteiger partial charge on any atom is 0.261 e. The highest BCUT2D eigenvalue weighted by Crippen LogP contribution is 2.25. The molecule has 1 amide bonds. The summed E-state index contributed by atoms with van der Waals surface area (Å²) in [7, 11) is -7.54. The van der Waals surface area contributed by atoms with E-state index in [0.29, 0.717) is 17.1 Å². The van der Waals surface area contributed by atoms with E-state index in [-0.39, 0.29) is 4.90 Å². The Morgan fingerprint density at radius 1 is 0.912 bits per heavy atom. The van der Waals surface area contributed by atoms with Crippen LogP contribution in [0, 0.1) is 13.8 Å². The topological polar surface area (TPSA) is 113 Å². The zero-order valence-corrected chi connectivity index (χ0v) is 22.0. The standard InChI is InChI=1S/C23H24BrN3O5S2/c1-16-6-4-5-7-22(16)26-34(31,32)20-11-8-18(9-12-20)25-23(28)15-27(33(3,29)30)19-10-13-21(24)17(2)14-19/h4-14,26H,15H2,1-3H3,(H,25,28). The van der Waals surface area contributed by atoms with Gasteiger partial charge in [0.1, 0.15) is 6.54 Å². The van der Waals surface area contributed by atoms with Gasteiger partial charge in [0.15, 0.2) is 0 Å². The van der Waals surface area contributed by atoms with Crippen LogP contribution in [0.25, 0.3) is 0 Å². The molecule has 0 aliphatic carbocycles. The fourth-order valence-electron chi connectivity index (χ4n) is 3.12. The zero-order chi connectivity index (χ0) is 25.1. The van der Waals surface area contributed by atoms with Crippen molar-refractivity contribution in [1.82, 2.24) is 0 Å². The third kappa shape index (κ3) is 6.37. The Morgan fingerprint density at radius 3 is 2.15 bits per heavy atom. The van der Waals surface area contributed by atoms with Crippen LogP contribution in [0.15, 0.2) is 76.1 Å². The average molecular weight is 566 g/mol. The number of amides is 1. The van der Waals surface area contributed by atoms with Gasteiger partial charge in [-0.25, -0.2) is 16.8 Å². The number of hydrogen-bond acceptors (Lipinski definition) is 5. The molecule has 0 spiro atoms. The second-order valence-corrected chi connectivity index (χ2v) is 12.1. The Morgan fingerprint density at radius 2 is 1.56 bits per heavy atom. The number of sulfonamides is 2. The number of carbonyl (C=O) groups is 1. The lowest BCUT2D eigenvalue weighted by Crippen LogP contribution is -2.37. The van der Waals surface area contributed by atoms with Crippen molar-refractivity contribution in [3.8, 4) is 0 Å². The lowest BCUT2D eigenvalue weighted by Gasteiger charge is -2.22. The number of halogens is 1. The molecule has 0 fully saturated rings. The number of rotatable bonds is 8. The van der Waals surface area contributed by atoms with Gasteiger partial charge < -0.3 is 5.32 Å². The van der Waals surface area contributed by atoms with E-state index in [1.54, 1.807) is 43.3 Å². The smallest absolute Gasteiger partial charge is 0.261 e. The molecule has 3 aromatic rings.